The van der Waals surface area contributed by atoms with Crippen LogP contribution in [0.2, 0.25) is 0 Å². The molecule has 1 N–H and O–H groups in total. The average molecular weight is 278 g/mol. The van der Waals surface area contributed by atoms with Gasteiger partial charge in [-0.05, 0) is 26.3 Å². The molecule has 110 valence electrons. The van der Waals surface area contributed by atoms with E-state index in [0.29, 0.717) is 26.1 Å². The maximum atomic E-state index is 12.0. The van der Waals surface area contributed by atoms with Crippen LogP contribution in [0.1, 0.15) is 25.8 Å². The zero-order valence-corrected chi connectivity index (χ0v) is 12.3. The zero-order chi connectivity index (χ0) is 14.7. The van der Waals surface area contributed by atoms with Crippen LogP contribution < -0.4 is 5.32 Å². The number of amides is 2. The Labute approximate surface area is 119 Å². The fraction of sp³-hybridized carbons (Fsp3) is 0.643. The van der Waals surface area contributed by atoms with Crippen LogP contribution in [-0.2, 0) is 16.1 Å². The van der Waals surface area contributed by atoms with Crippen molar-refractivity contribution in [3.63, 3.8) is 0 Å². The minimum Gasteiger partial charge on any atom is -0.354 e. The monoisotopic (exact) mass is 278 g/mol. The molecule has 1 saturated heterocycles. The van der Waals surface area contributed by atoms with Crippen LogP contribution >= 0.6 is 0 Å². The second-order valence-electron chi connectivity index (χ2n) is 5.61. The van der Waals surface area contributed by atoms with E-state index in [9.17, 15) is 9.59 Å². The molecule has 0 bridgehead atoms. The Bertz CT molecular complexity index is 495. The molecular formula is C14H22N4O2. The predicted molar refractivity (Wildman–Crippen MR) is 74.9 cm³/mol. The van der Waals surface area contributed by atoms with Crippen molar-refractivity contribution in [1.82, 2.24) is 20.0 Å². The van der Waals surface area contributed by atoms with Gasteiger partial charge in [0.15, 0.2) is 0 Å². The number of nitrogens with one attached hydrogen (secondary N) is 1. The fourth-order valence-electron chi connectivity index (χ4n) is 2.43. The van der Waals surface area contributed by atoms with E-state index in [4.69, 9.17) is 0 Å². The van der Waals surface area contributed by atoms with Crippen molar-refractivity contribution in [3.8, 4) is 0 Å². The first-order valence-corrected chi connectivity index (χ1v) is 7.03. The van der Waals surface area contributed by atoms with Crippen LogP contribution in [0.15, 0.2) is 12.4 Å². The summed E-state index contributed by atoms with van der Waals surface area (Å²) in [5, 5.41) is 7.04. The molecule has 0 unspecified atom stereocenters. The van der Waals surface area contributed by atoms with E-state index in [1.54, 1.807) is 15.8 Å². The van der Waals surface area contributed by atoms with Crippen LogP contribution in [-0.4, -0.2) is 45.6 Å². The third kappa shape index (κ3) is 3.37. The van der Waals surface area contributed by atoms with E-state index in [2.05, 4.69) is 10.4 Å². The van der Waals surface area contributed by atoms with E-state index in [1.165, 1.54) is 0 Å². The van der Waals surface area contributed by atoms with Gasteiger partial charge < -0.3 is 10.2 Å². The molecule has 1 aliphatic heterocycles. The Hall–Kier alpha value is -1.85. The number of hydrogen-bond acceptors (Lipinski definition) is 3. The second kappa shape index (κ2) is 6.07. The molecule has 6 nitrogen and oxygen atoms in total. The summed E-state index contributed by atoms with van der Waals surface area (Å²) in [7, 11) is 0. The standard InChI is InChI=1S/C14H22N4O2/c1-10(2)18-9-12(6-13(18)19)14(20)15-4-5-17-8-11(3)7-16-17/h7-8,10,12H,4-6,9H2,1-3H3,(H,15,20)/t12-/m1/s1. The summed E-state index contributed by atoms with van der Waals surface area (Å²) >= 11 is 0. The van der Waals surface area contributed by atoms with Gasteiger partial charge in [0.25, 0.3) is 0 Å². The number of hydrogen-bond donors (Lipinski definition) is 1. The number of carbonyl (C=O) groups excluding carboxylic acids is 2. The summed E-state index contributed by atoms with van der Waals surface area (Å²) in [6.07, 6.45) is 4.05. The van der Waals surface area contributed by atoms with Gasteiger partial charge in [0.2, 0.25) is 11.8 Å². The molecule has 20 heavy (non-hydrogen) atoms. The van der Waals surface area contributed by atoms with Gasteiger partial charge in [-0.1, -0.05) is 0 Å². The van der Waals surface area contributed by atoms with Crippen molar-refractivity contribution in [1.29, 1.82) is 0 Å². The highest BCUT2D eigenvalue weighted by atomic mass is 16.2. The number of likely N-dealkylation sites (tertiary alicyclic amines) is 1. The van der Waals surface area contributed by atoms with Gasteiger partial charge in [-0.25, -0.2) is 0 Å². The van der Waals surface area contributed by atoms with Crippen molar-refractivity contribution < 1.29 is 9.59 Å². The third-order valence-electron chi connectivity index (χ3n) is 3.56. The molecule has 1 aromatic heterocycles. The van der Waals surface area contributed by atoms with Gasteiger partial charge in [-0.3, -0.25) is 14.3 Å². The topological polar surface area (TPSA) is 67.2 Å². The zero-order valence-electron chi connectivity index (χ0n) is 12.3. The SMILES string of the molecule is Cc1cnn(CCNC(=O)[C@@H]2CC(=O)N(C(C)C)C2)c1. The van der Waals surface area contributed by atoms with Gasteiger partial charge in [-0.2, -0.15) is 5.10 Å². The van der Waals surface area contributed by atoms with E-state index in [0.717, 1.165) is 5.56 Å². The predicted octanol–water partition coefficient (Wildman–Crippen LogP) is 0.565. The van der Waals surface area contributed by atoms with E-state index < -0.39 is 0 Å². The molecule has 2 heterocycles. The largest absolute Gasteiger partial charge is 0.354 e. The number of nitrogens with zero attached hydrogens (tertiary/aromatic N) is 3. The summed E-state index contributed by atoms with van der Waals surface area (Å²) in [6, 6.07) is 0.160. The van der Waals surface area contributed by atoms with Crippen LogP contribution in [0.5, 0.6) is 0 Å². The van der Waals surface area contributed by atoms with Crippen LogP contribution in [0.4, 0.5) is 0 Å². The Kier molecular flexibility index (Phi) is 4.42. The maximum Gasteiger partial charge on any atom is 0.225 e. The van der Waals surface area contributed by atoms with Gasteiger partial charge in [0, 0.05) is 31.7 Å². The Morgan fingerprint density at radius 3 is 2.85 bits per heavy atom. The third-order valence-corrected chi connectivity index (χ3v) is 3.56. The first-order chi connectivity index (χ1) is 9.47. The number of aromatic nitrogens is 2. The van der Waals surface area contributed by atoms with Crippen molar-refractivity contribution in [3.05, 3.63) is 18.0 Å². The van der Waals surface area contributed by atoms with E-state index in [-0.39, 0.29) is 23.8 Å². The molecule has 1 fully saturated rings. The van der Waals surface area contributed by atoms with Gasteiger partial charge in [-0.15, -0.1) is 0 Å². The molecule has 0 aliphatic carbocycles. The Morgan fingerprint density at radius 1 is 1.55 bits per heavy atom. The van der Waals surface area contributed by atoms with E-state index in [1.807, 2.05) is 27.0 Å². The lowest BCUT2D eigenvalue weighted by Crippen LogP contribution is -2.36. The molecule has 2 rings (SSSR count). The summed E-state index contributed by atoms with van der Waals surface area (Å²) in [5.41, 5.74) is 1.10. The summed E-state index contributed by atoms with van der Waals surface area (Å²) in [4.78, 5) is 25.6. The highest BCUT2D eigenvalue weighted by molar-refractivity contribution is 5.89. The maximum absolute atomic E-state index is 12.0. The van der Waals surface area contributed by atoms with Crippen molar-refractivity contribution in [2.75, 3.05) is 13.1 Å². The Morgan fingerprint density at radius 2 is 2.30 bits per heavy atom. The first kappa shape index (κ1) is 14.6. The van der Waals surface area contributed by atoms with Gasteiger partial charge >= 0.3 is 0 Å². The normalized spacial score (nSPS) is 18.9. The van der Waals surface area contributed by atoms with Crippen molar-refractivity contribution in [2.45, 2.75) is 39.8 Å². The smallest absolute Gasteiger partial charge is 0.225 e. The lowest BCUT2D eigenvalue weighted by molar-refractivity contribution is -0.129. The second-order valence-corrected chi connectivity index (χ2v) is 5.61. The molecule has 0 saturated carbocycles. The molecule has 0 spiro atoms. The first-order valence-electron chi connectivity index (χ1n) is 7.03. The average Bonchev–Trinajstić information content (AvgIpc) is 2.95. The number of carbonyl (C=O) groups is 2. The molecule has 1 atom stereocenters. The molecule has 0 radical (unpaired) electrons. The summed E-state index contributed by atoms with van der Waals surface area (Å²) in [6.45, 7) is 7.63. The summed E-state index contributed by atoms with van der Waals surface area (Å²) in [5.74, 6) is -0.183. The fourth-order valence-corrected chi connectivity index (χ4v) is 2.43. The van der Waals surface area contributed by atoms with Crippen molar-refractivity contribution >= 4 is 11.8 Å². The lowest BCUT2D eigenvalue weighted by atomic mass is 10.1. The van der Waals surface area contributed by atoms with E-state index >= 15 is 0 Å². The minimum atomic E-state index is -0.218. The van der Waals surface area contributed by atoms with Crippen LogP contribution in [0, 0.1) is 12.8 Å². The molecule has 0 aromatic carbocycles. The molecule has 2 amide bonds. The van der Waals surface area contributed by atoms with Gasteiger partial charge in [0.1, 0.15) is 0 Å². The summed E-state index contributed by atoms with van der Waals surface area (Å²) < 4.78 is 1.80. The van der Waals surface area contributed by atoms with Crippen molar-refractivity contribution in [2.24, 2.45) is 5.92 Å². The highest BCUT2D eigenvalue weighted by Gasteiger charge is 2.35. The van der Waals surface area contributed by atoms with Gasteiger partial charge in [0.05, 0.1) is 18.7 Å². The Balaban J connectivity index is 1.77. The molecular weight excluding hydrogens is 256 g/mol. The number of rotatable bonds is 5. The molecule has 6 heteroatoms. The number of aryl methyl sites for hydroxylation is 1. The quantitative estimate of drug-likeness (QED) is 0.856. The lowest BCUT2D eigenvalue weighted by Gasteiger charge is -2.20. The molecule has 1 aliphatic rings. The minimum absolute atomic E-state index is 0.0367. The highest BCUT2D eigenvalue weighted by Crippen LogP contribution is 2.19. The van der Waals surface area contributed by atoms with Crippen LogP contribution in [0.3, 0.4) is 0 Å². The van der Waals surface area contributed by atoms with Crippen LogP contribution in [0.25, 0.3) is 0 Å². The molecule has 1 aromatic rings.